The summed E-state index contributed by atoms with van der Waals surface area (Å²) in [5.74, 6) is 1.59. The maximum absolute atomic E-state index is 10.4. The van der Waals surface area contributed by atoms with Crippen LogP contribution in [0.25, 0.3) is 17.7 Å². The van der Waals surface area contributed by atoms with Crippen molar-refractivity contribution in [3.8, 4) is 17.6 Å². The fraction of sp³-hybridized carbons (Fsp3) is 0.410. The summed E-state index contributed by atoms with van der Waals surface area (Å²) in [6.07, 6.45) is 12.2. The number of likely N-dealkylation sites (tertiary alicyclic amines) is 1. The molecule has 3 aromatic rings. The van der Waals surface area contributed by atoms with Crippen molar-refractivity contribution in [2.24, 2.45) is 5.92 Å². The summed E-state index contributed by atoms with van der Waals surface area (Å²) in [6.45, 7) is 7.72. The smallest absolute Gasteiger partial charge is 0.161 e. The molecular formula is C39H47ClN2O2. The summed E-state index contributed by atoms with van der Waals surface area (Å²) >= 11 is 0. The molecule has 0 spiro atoms. The highest BCUT2D eigenvalue weighted by atomic mass is 35.5. The van der Waals surface area contributed by atoms with Gasteiger partial charge in [0.1, 0.15) is 0 Å². The lowest BCUT2D eigenvalue weighted by molar-refractivity contribution is 0.250. The SMILES string of the molecule is COc1ccc(C(C#N)(CCCCCCN2CCC(=C3c4ccccc4C=Cc4ccccc43)CC2)C(C)C)cc1OC.Cl. The van der Waals surface area contributed by atoms with Crippen LogP contribution in [-0.4, -0.2) is 38.8 Å². The lowest BCUT2D eigenvalue weighted by Gasteiger charge is -2.32. The molecule has 5 rings (SSSR count). The van der Waals surface area contributed by atoms with Crippen LogP contribution in [0.1, 0.15) is 86.6 Å². The Balaban J connectivity index is 0.00000442. The second-order valence-electron chi connectivity index (χ2n) is 12.3. The predicted octanol–water partition coefficient (Wildman–Crippen LogP) is 9.58. The molecule has 1 unspecified atom stereocenters. The molecule has 0 N–H and O–H groups in total. The third kappa shape index (κ3) is 7.06. The number of nitriles is 1. The summed E-state index contributed by atoms with van der Waals surface area (Å²) in [4.78, 5) is 2.65. The topological polar surface area (TPSA) is 45.5 Å². The lowest BCUT2D eigenvalue weighted by Crippen LogP contribution is -2.32. The molecule has 1 heterocycles. The Morgan fingerprint density at radius 1 is 0.795 bits per heavy atom. The van der Waals surface area contributed by atoms with Crippen molar-refractivity contribution in [2.45, 2.75) is 64.2 Å². The van der Waals surface area contributed by atoms with E-state index >= 15 is 0 Å². The maximum atomic E-state index is 10.4. The van der Waals surface area contributed by atoms with E-state index in [1.165, 1.54) is 40.7 Å². The monoisotopic (exact) mass is 610 g/mol. The van der Waals surface area contributed by atoms with E-state index in [2.05, 4.69) is 85.5 Å². The van der Waals surface area contributed by atoms with Crippen molar-refractivity contribution in [3.63, 3.8) is 0 Å². The minimum Gasteiger partial charge on any atom is -0.493 e. The molecule has 44 heavy (non-hydrogen) atoms. The standard InChI is InChI=1S/C39H46N2O2.ClH/c1-29(2)39(28-40,33-19-20-36(42-3)37(27-33)43-4)23-11-5-6-12-24-41-25-21-32(22-26-41)38-34-15-9-7-13-30(34)17-18-31-14-8-10-16-35(31)38;/h7-10,13-20,27,29H,5-6,11-12,21-26H2,1-4H3;1H. The molecule has 0 aromatic heterocycles. The van der Waals surface area contributed by atoms with Gasteiger partial charge in [0.2, 0.25) is 0 Å². The van der Waals surface area contributed by atoms with Gasteiger partial charge in [-0.1, -0.05) is 105 Å². The molecule has 0 radical (unpaired) electrons. The van der Waals surface area contributed by atoms with Gasteiger partial charge in [-0.2, -0.15) is 5.26 Å². The van der Waals surface area contributed by atoms with E-state index in [-0.39, 0.29) is 18.3 Å². The number of rotatable bonds is 11. The van der Waals surface area contributed by atoms with Crippen LogP contribution >= 0.6 is 12.4 Å². The Bertz CT molecular complexity index is 1460. The first-order chi connectivity index (χ1) is 21.0. The number of unbranched alkanes of at least 4 members (excludes halogenated alkanes) is 3. The molecule has 4 nitrogen and oxygen atoms in total. The Labute approximate surface area is 270 Å². The van der Waals surface area contributed by atoms with E-state index < -0.39 is 5.41 Å². The van der Waals surface area contributed by atoms with E-state index in [1.54, 1.807) is 19.8 Å². The third-order valence-electron chi connectivity index (χ3n) is 9.60. The van der Waals surface area contributed by atoms with Crippen molar-refractivity contribution >= 4 is 30.1 Å². The molecule has 1 aliphatic carbocycles. The highest BCUT2D eigenvalue weighted by Crippen LogP contribution is 2.41. The fourth-order valence-corrected chi connectivity index (χ4v) is 6.96. The number of hydrogen-bond donors (Lipinski definition) is 0. The summed E-state index contributed by atoms with van der Waals surface area (Å²) in [5, 5.41) is 10.4. The summed E-state index contributed by atoms with van der Waals surface area (Å²) in [6, 6.07) is 26.3. The molecular weight excluding hydrogens is 564 g/mol. The summed E-state index contributed by atoms with van der Waals surface area (Å²) in [7, 11) is 3.29. The third-order valence-corrected chi connectivity index (χ3v) is 9.60. The van der Waals surface area contributed by atoms with Crippen LogP contribution in [0.5, 0.6) is 11.5 Å². The van der Waals surface area contributed by atoms with Gasteiger partial charge in [-0.05, 0) is 83.7 Å². The van der Waals surface area contributed by atoms with Crippen LogP contribution < -0.4 is 9.47 Å². The molecule has 3 aromatic carbocycles. The maximum Gasteiger partial charge on any atom is 0.161 e. The largest absolute Gasteiger partial charge is 0.493 e. The average Bonchev–Trinajstić information content (AvgIpc) is 3.21. The van der Waals surface area contributed by atoms with Crippen molar-refractivity contribution in [3.05, 3.63) is 100 Å². The number of hydrogen-bond acceptors (Lipinski definition) is 4. The number of ether oxygens (including phenoxy) is 2. The van der Waals surface area contributed by atoms with Crippen LogP contribution in [0.2, 0.25) is 0 Å². The molecule has 1 atom stereocenters. The van der Waals surface area contributed by atoms with Crippen LogP contribution in [0.3, 0.4) is 0 Å². The molecule has 1 aliphatic heterocycles. The molecule has 0 saturated carbocycles. The molecule has 1 saturated heterocycles. The lowest BCUT2D eigenvalue weighted by atomic mass is 9.69. The number of piperidine rings is 1. The number of halogens is 1. The van der Waals surface area contributed by atoms with Crippen LogP contribution in [0.15, 0.2) is 72.3 Å². The highest BCUT2D eigenvalue weighted by molar-refractivity contribution is 5.94. The number of nitrogens with zero attached hydrogens (tertiary/aromatic N) is 2. The Hall–Kier alpha value is -3.52. The van der Waals surface area contributed by atoms with Crippen molar-refractivity contribution in [1.29, 1.82) is 5.26 Å². The first-order valence-electron chi connectivity index (χ1n) is 16.0. The van der Waals surface area contributed by atoms with Gasteiger partial charge in [0.15, 0.2) is 11.5 Å². The fourth-order valence-electron chi connectivity index (χ4n) is 6.96. The van der Waals surface area contributed by atoms with Gasteiger partial charge < -0.3 is 14.4 Å². The minimum atomic E-state index is -0.527. The molecule has 0 amide bonds. The van der Waals surface area contributed by atoms with Crippen molar-refractivity contribution < 1.29 is 9.47 Å². The Kier molecular flexibility index (Phi) is 11.7. The first-order valence-corrected chi connectivity index (χ1v) is 16.0. The first kappa shape index (κ1) is 33.4. The van der Waals surface area contributed by atoms with Gasteiger partial charge in [0, 0.05) is 13.1 Å². The highest BCUT2D eigenvalue weighted by Gasteiger charge is 2.36. The van der Waals surface area contributed by atoms with Crippen LogP contribution in [0.4, 0.5) is 0 Å². The van der Waals surface area contributed by atoms with Gasteiger partial charge in [0.05, 0.1) is 25.7 Å². The van der Waals surface area contributed by atoms with Crippen LogP contribution in [-0.2, 0) is 5.41 Å². The zero-order valence-corrected chi connectivity index (χ0v) is 27.6. The van der Waals surface area contributed by atoms with E-state index in [9.17, 15) is 5.26 Å². The molecule has 1 fully saturated rings. The molecule has 232 valence electrons. The number of methoxy groups -OCH3 is 2. The molecule has 5 heteroatoms. The zero-order valence-electron chi connectivity index (χ0n) is 26.8. The predicted molar refractivity (Wildman–Crippen MR) is 186 cm³/mol. The molecule has 2 aliphatic rings. The quantitative estimate of drug-likeness (QED) is 0.159. The normalized spacial score (nSPS) is 15.8. The van der Waals surface area contributed by atoms with Gasteiger partial charge >= 0.3 is 0 Å². The van der Waals surface area contributed by atoms with Gasteiger partial charge in [-0.15, -0.1) is 12.4 Å². The van der Waals surface area contributed by atoms with Crippen molar-refractivity contribution in [1.82, 2.24) is 4.90 Å². The Morgan fingerprint density at radius 2 is 1.39 bits per heavy atom. The Morgan fingerprint density at radius 3 is 1.95 bits per heavy atom. The molecule has 0 bridgehead atoms. The second kappa shape index (κ2) is 15.5. The zero-order chi connectivity index (χ0) is 30.2. The minimum absolute atomic E-state index is 0. The second-order valence-corrected chi connectivity index (χ2v) is 12.3. The summed E-state index contributed by atoms with van der Waals surface area (Å²) < 4.78 is 11.0. The van der Waals surface area contributed by atoms with Crippen LogP contribution in [0, 0.1) is 17.2 Å². The average molecular weight is 611 g/mol. The number of benzene rings is 3. The summed E-state index contributed by atoms with van der Waals surface area (Å²) in [5.41, 5.74) is 8.91. The van der Waals surface area contributed by atoms with E-state index in [1.807, 2.05) is 18.2 Å². The van der Waals surface area contributed by atoms with E-state index in [0.717, 1.165) is 57.3 Å². The van der Waals surface area contributed by atoms with Crippen molar-refractivity contribution in [2.75, 3.05) is 33.9 Å². The van der Waals surface area contributed by atoms with Gasteiger partial charge in [-0.25, -0.2) is 0 Å². The van der Waals surface area contributed by atoms with E-state index in [4.69, 9.17) is 9.47 Å². The number of fused-ring (bicyclic) bond motifs is 2. The van der Waals surface area contributed by atoms with Gasteiger partial charge in [-0.3, -0.25) is 0 Å². The van der Waals surface area contributed by atoms with E-state index in [0.29, 0.717) is 11.5 Å². The van der Waals surface area contributed by atoms with Gasteiger partial charge in [0.25, 0.3) is 0 Å².